The zero-order valence-corrected chi connectivity index (χ0v) is 13.0. The van der Waals surface area contributed by atoms with Gasteiger partial charge in [0.15, 0.2) is 0 Å². The van der Waals surface area contributed by atoms with Gasteiger partial charge < -0.3 is 0 Å². The van der Waals surface area contributed by atoms with Crippen LogP contribution in [0.4, 0.5) is 0 Å². The number of thiol groups is 2. The van der Waals surface area contributed by atoms with Crippen molar-refractivity contribution in [3.63, 3.8) is 0 Å². The van der Waals surface area contributed by atoms with Crippen LogP contribution >= 0.6 is 25.3 Å². The van der Waals surface area contributed by atoms with Crippen molar-refractivity contribution in [3.05, 3.63) is 52.5 Å². The summed E-state index contributed by atoms with van der Waals surface area (Å²) in [4.78, 5) is 2.28. The second-order valence-corrected chi connectivity index (χ2v) is 5.20. The minimum absolute atomic E-state index is 1.07. The lowest BCUT2D eigenvalue weighted by Crippen LogP contribution is -1.87. The van der Waals surface area contributed by atoms with E-state index in [4.69, 9.17) is 0 Å². The normalized spacial score (nSPS) is 14.2. The summed E-state index contributed by atoms with van der Waals surface area (Å²) in [5.41, 5.74) is 2.73. The van der Waals surface area contributed by atoms with Gasteiger partial charge >= 0.3 is 0 Å². The lowest BCUT2D eigenvalue weighted by Gasteiger charge is -2.08. The van der Waals surface area contributed by atoms with Crippen LogP contribution in [0.1, 0.15) is 38.7 Å². The van der Waals surface area contributed by atoms with Gasteiger partial charge in [-0.2, -0.15) is 0 Å². The van der Waals surface area contributed by atoms with Crippen LogP contribution in [0.2, 0.25) is 0 Å². The van der Waals surface area contributed by atoms with Gasteiger partial charge in [-0.3, -0.25) is 0 Å². The Balaban J connectivity index is 0.000000180. The quantitative estimate of drug-likeness (QED) is 0.659. The van der Waals surface area contributed by atoms with Crippen LogP contribution in [0.5, 0.6) is 0 Å². The van der Waals surface area contributed by atoms with Crippen molar-refractivity contribution in [2.45, 2.75) is 44.4 Å². The molecule has 0 saturated heterocycles. The van der Waals surface area contributed by atoms with E-state index < -0.39 is 0 Å². The fourth-order valence-corrected chi connectivity index (χ4v) is 2.55. The van der Waals surface area contributed by atoms with E-state index in [2.05, 4.69) is 57.3 Å². The molecule has 1 aromatic carbocycles. The molecule has 2 rings (SSSR count). The van der Waals surface area contributed by atoms with Gasteiger partial charge in [0.1, 0.15) is 0 Å². The first kappa shape index (κ1) is 15.5. The van der Waals surface area contributed by atoms with Crippen molar-refractivity contribution < 1.29 is 0 Å². The second kappa shape index (κ2) is 8.49. The molecule has 1 aliphatic carbocycles. The highest BCUT2D eigenvalue weighted by molar-refractivity contribution is 7.84. The predicted octanol–water partition coefficient (Wildman–Crippen LogP) is 5.47. The van der Waals surface area contributed by atoms with E-state index in [1.807, 2.05) is 18.2 Å². The van der Waals surface area contributed by atoms with E-state index in [0.29, 0.717) is 0 Å². The van der Waals surface area contributed by atoms with Crippen LogP contribution < -0.4 is 0 Å². The molecule has 0 aromatic heterocycles. The molecule has 1 aromatic rings. The summed E-state index contributed by atoms with van der Waals surface area (Å²) in [7, 11) is 0. The second-order valence-electron chi connectivity index (χ2n) is 4.23. The molecular formula is C16H22S2. The van der Waals surface area contributed by atoms with Gasteiger partial charge in [0.25, 0.3) is 0 Å². The highest BCUT2D eigenvalue weighted by atomic mass is 32.1. The Labute approximate surface area is 122 Å². The minimum atomic E-state index is 1.07. The van der Waals surface area contributed by atoms with Crippen LogP contribution in [0.15, 0.2) is 51.8 Å². The van der Waals surface area contributed by atoms with Crippen LogP contribution in [0, 0.1) is 0 Å². The van der Waals surface area contributed by atoms with Crippen molar-refractivity contribution in [2.75, 3.05) is 0 Å². The maximum Gasteiger partial charge on any atom is 0.00719 e. The van der Waals surface area contributed by atoms with Crippen LogP contribution in [-0.4, -0.2) is 0 Å². The number of allylic oxidation sites excluding steroid dienone is 3. The maximum atomic E-state index is 4.33. The number of aryl methyl sites for hydroxylation is 1. The van der Waals surface area contributed by atoms with Gasteiger partial charge in [0.2, 0.25) is 0 Å². The maximum absolute atomic E-state index is 4.33. The van der Waals surface area contributed by atoms with E-state index >= 15 is 0 Å². The monoisotopic (exact) mass is 278 g/mol. The zero-order valence-electron chi connectivity index (χ0n) is 11.2. The summed E-state index contributed by atoms with van der Waals surface area (Å²) in [5.74, 6) is 0. The predicted molar refractivity (Wildman–Crippen MR) is 87.7 cm³/mol. The van der Waals surface area contributed by atoms with Crippen LogP contribution in [0.25, 0.3) is 0 Å². The van der Waals surface area contributed by atoms with E-state index in [9.17, 15) is 0 Å². The molecule has 0 unspecified atom stereocenters. The van der Waals surface area contributed by atoms with Gasteiger partial charge in [-0.25, -0.2) is 0 Å². The first-order valence-electron chi connectivity index (χ1n) is 6.54. The molecule has 0 saturated carbocycles. The Kier molecular flexibility index (Phi) is 7.29. The molecule has 0 radical (unpaired) electrons. The van der Waals surface area contributed by atoms with Gasteiger partial charge in [-0.15, -0.1) is 25.3 Å². The summed E-state index contributed by atoms with van der Waals surface area (Å²) in [6.07, 6.45) is 9.04. The first-order valence-corrected chi connectivity index (χ1v) is 7.43. The van der Waals surface area contributed by atoms with Crippen molar-refractivity contribution >= 4 is 25.3 Å². The van der Waals surface area contributed by atoms with Gasteiger partial charge in [-0.05, 0) is 42.9 Å². The van der Waals surface area contributed by atoms with Gasteiger partial charge in [0.05, 0.1) is 0 Å². The van der Waals surface area contributed by atoms with Crippen molar-refractivity contribution in [1.82, 2.24) is 0 Å². The molecule has 1 aliphatic rings. The van der Waals surface area contributed by atoms with Crippen LogP contribution in [0.3, 0.4) is 0 Å². The average molecular weight is 278 g/mol. The third kappa shape index (κ3) is 4.95. The molecule has 18 heavy (non-hydrogen) atoms. The number of hydrogen-bond donors (Lipinski definition) is 2. The molecule has 98 valence electrons. The molecule has 0 bridgehead atoms. The summed E-state index contributed by atoms with van der Waals surface area (Å²) in [6.45, 7) is 4.30. The number of benzene rings is 1. The fraction of sp³-hybridized carbons (Fsp3) is 0.375. The molecule has 0 N–H and O–H groups in total. The average Bonchev–Trinajstić information content (AvgIpc) is 2.41. The molecule has 0 amide bonds. The molecule has 0 spiro atoms. The van der Waals surface area contributed by atoms with E-state index in [1.54, 1.807) is 0 Å². The molecule has 0 heterocycles. The highest BCUT2D eigenvalue weighted by Crippen LogP contribution is 2.23. The molecule has 2 heteroatoms. The van der Waals surface area contributed by atoms with E-state index in [-0.39, 0.29) is 0 Å². The standard InChI is InChI=1S/C8H12S.C8H10S/c2*1-2-7-5-3-4-6-8(7)9/h5-6,9H,2-4H2,1H3;3-6,9H,2H2,1H3. The topological polar surface area (TPSA) is 0 Å². The zero-order chi connectivity index (χ0) is 13.4. The van der Waals surface area contributed by atoms with Crippen molar-refractivity contribution in [1.29, 1.82) is 0 Å². The fourth-order valence-electron chi connectivity index (χ4n) is 1.85. The Hall–Kier alpha value is -0.600. The Morgan fingerprint density at radius 3 is 2.06 bits per heavy atom. The third-order valence-electron chi connectivity index (χ3n) is 2.98. The molecule has 0 nitrogen and oxygen atoms in total. The first-order chi connectivity index (χ1) is 8.69. The third-order valence-corrected chi connectivity index (χ3v) is 3.88. The SMILES string of the molecule is CCC1=CCCC=C1S.CCc1ccccc1S. The Bertz CT molecular complexity index is 430. The molecular weight excluding hydrogens is 256 g/mol. The highest BCUT2D eigenvalue weighted by Gasteiger charge is 2.00. The summed E-state index contributed by atoms with van der Waals surface area (Å²) < 4.78 is 0. The van der Waals surface area contributed by atoms with E-state index in [0.717, 1.165) is 17.7 Å². The van der Waals surface area contributed by atoms with Gasteiger partial charge in [-0.1, -0.05) is 44.2 Å². The number of rotatable bonds is 2. The summed E-state index contributed by atoms with van der Waals surface area (Å²) >= 11 is 8.61. The summed E-state index contributed by atoms with van der Waals surface area (Å²) in [5, 5.41) is 0. The van der Waals surface area contributed by atoms with E-state index in [1.165, 1.54) is 28.9 Å². The minimum Gasteiger partial charge on any atom is -0.143 e. The molecule has 0 fully saturated rings. The smallest absolute Gasteiger partial charge is 0.00719 e. The summed E-state index contributed by atoms with van der Waals surface area (Å²) in [6, 6.07) is 8.16. The Morgan fingerprint density at radius 1 is 0.944 bits per heavy atom. The molecule has 0 atom stereocenters. The van der Waals surface area contributed by atoms with Crippen molar-refractivity contribution in [3.8, 4) is 0 Å². The lowest BCUT2D eigenvalue weighted by atomic mass is 10.1. The largest absolute Gasteiger partial charge is 0.143 e. The number of hydrogen-bond acceptors (Lipinski definition) is 2. The van der Waals surface area contributed by atoms with Crippen LogP contribution in [-0.2, 0) is 6.42 Å². The Morgan fingerprint density at radius 2 is 1.61 bits per heavy atom. The van der Waals surface area contributed by atoms with Crippen molar-refractivity contribution in [2.24, 2.45) is 0 Å². The van der Waals surface area contributed by atoms with Gasteiger partial charge in [0, 0.05) is 9.80 Å². The lowest BCUT2D eigenvalue weighted by molar-refractivity contribution is 0.978. The molecule has 0 aliphatic heterocycles.